The van der Waals surface area contributed by atoms with Crippen LogP contribution in [0.4, 0.5) is 0 Å². The van der Waals surface area contributed by atoms with E-state index in [2.05, 4.69) is 12.2 Å². The van der Waals surface area contributed by atoms with Gasteiger partial charge in [0.15, 0.2) is 0 Å². The topological polar surface area (TPSA) is 81.7 Å². The summed E-state index contributed by atoms with van der Waals surface area (Å²) in [5.74, 6) is -0.0640. The lowest BCUT2D eigenvalue weighted by atomic mass is 9.93. The van der Waals surface area contributed by atoms with Crippen LogP contribution in [0, 0.1) is 0 Å². The number of thioether (sulfide) groups is 1. The predicted octanol–water partition coefficient (Wildman–Crippen LogP) is 5.42. The number of rotatable bonds is 20. The Morgan fingerprint density at radius 1 is 0.710 bits per heavy atom. The summed E-state index contributed by atoms with van der Waals surface area (Å²) in [7, 11) is 0. The smallest absolute Gasteiger partial charge is 0.343 e. The second kappa shape index (κ2) is 19.4. The Bertz CT molecular complexity index is 480. The highest BCUT2D eigenvalue weighted by Gasteiger charge is 2.49. The van der Waals surface area contributed by atoms with Gasteiger partial charge in [0, 0.05) is 6.92 Å². The molecule has 0 bridgehead atoms. The van der Waals surface area contributed by atoms with E-state index in [1.165, 1.54) is 71.1 Å². The average molecular weight is 460 g/mol. The molecule has 6 nitrogen and oxygen atoms in total. The van der Waals surface area contributed by atoms with Gasteiger partial charge in [-0.3, -0.25) is 4.79 Å². The molecular weight excluding hydrogens is 414 g/mol. The molecule has 0 aromatic carbocycles. The molecule has 0 aliphatic heterocycles. The Morgan fingerprint density at radius 3 is 1.61 bits per heavy atom. The first-order valence-electron chi connectivity index (χ1n) is 12.2. The van der Waals surface area contributed by atoms with E-state index in [1.54, 1.807) is 13.8 Å². The van der Waals surface area contributed by atoms with Crippen LogP contribution < -0.4 is 5.32 Å². The van der Waals surface area contributed by atoms with Crippen LogP contribution in [-0.2, 0) is 23.9 Å². The fourth-order valence-corrected chi connectivity index (χ4v) is 4.45. The summed E-state index contributed by atoms with van der Waals surface area (Å²) < 4.78 is 10.2. The van der Waals surface area contributed by atoms with Gasteiger partial charge in [-0.05, 0) is 44.6 Å². The van der Waals surface area contributed by atoms with Crippen LogP contribution in [-0.4, -0.2) is 48.1 Å². The quantitative estimate of drug-likeness (QED) is 0.149. The monoisotopic (exact) mass is 459 g/mol. The predicted molar refractivity (Wildman–Crippen MR) is 128 cm³/mol. The van der Waals surface area contributed by atoms with Gasteiger partial charge >= 0.3 is 11.9 Å². The molecule has 0 rings (SSSR count). The van der Waals surface area contributed by atoms with E-state index in [0.717, 1.165) is 11.5 Å². The molecule has 1 N–H and O–H groups in total. The number of carbonyl (C=O) groups excluding carboxylic acids is 3. The first-order chi connectivity index (χ1) is 14.9. The first-order valence-corrected chi connectivity index (χ1v) is 13.3. The number of carbonyl (C=O) groups is 3. The van der Waals surface area contributed by atoms with Crippen molar-refractivity contribution in [3.63, 3.8) is 0 Å². The maximum absolute atomic E-state index is 12.5. The minimum absolute atomic E-state index is 0.132. The Hall–Kier alpha value is -1.24. The fourth-order valence-electron chi connectivity index (χ4n) is 3.49. The summed E-state index contributed by atoms with van der Waals surface area (Å²) in [5.41, 5.74) is -1.75. The van der Waals surface area contributed by atoms with Crippen molar-refractivity contribution in [1.82, 2.24) is 5.32 Å². The van der Waals surface area contributed by atoms with Gasteiger partial charge in [0.05, 0.1) is 13.2 Å². The molecule has 0 spiro atoms. The molecule has 0 radical (unpaired) electrons. The standard InChI is InChI=1S/C24H45NO5S/c1-5-8-9-10-11-12-13-14-15-16-19-31-20-17-18-24(25-21(4)26,22(27)29-6-2)23(28)30-7-3/h5-20H2,1-4H3,(H,25,26). The van der Waals surface area contributed by atoms with Crippen LogP contribution in [0.3, 0.4) is 0 Å². The summed E-state index contributed by atoms with van der Waals surface area (Å²) in [6.45, 7) is 7.14. The first kappa shape index (κ1) is 29.8. The van der Waals surface area contributed by atoms with E-state index >= 15 is 0 Å². The minimum atomic E-state index is -1.75. The minimum Gasteiger partial charge on any atom is -0.464 e. The van der Waals surface area contributed by atoms with Crippen LogP contribution in [0.2, 0.25) is 0 Å². The van der Waals surface area contributed by atoms with E-state index < -0.39 is 23.4 Å². The van der Waals surface area contributed by atoms with E-state index in [9.17, 15) is 14.4 Å². The maximum atomic E-state index is 12.5. The summed E-state index contributed by atoms with van der Waals surface area (Å²) in [4.78, 5) is 36.8. The third kappa shape index (κ3) is 13.7. The second-order valence-electron chi connectivity index (χ2n) is 7.93. The SMILES string of the molecule is CCCCCCCCCCCCSCCCC(NC(C)=O)(C(=O)OCC)C(=O)OCC. The Balaban J connectivity index is 4.20. The molecule has 31 heavy (non-hydrogen) atoms. The number of unbranched alkanes of at least 4 members (excludes halogenated alkanes) is 9. The molecule has 0 aromatic rings. The van der Waals surface area contributed by atoms with Crippen LogP contribution in [0.1, 0.15) is 105 Å². The van der Waals surface area contributed by atoms with Crippen molar-refractivity contribution >= 4 is 29.6 Å². The zero-order valence-corrected chi connectivity index (χ0v) is 21.1. The van der Waals surface area contributed by atoms with E-state index in [-0.39, 0.29) is 19.6 Å². The molecule has 0 atom stereocenters. The third-order valence-corrected chi connectivity index (χ3v) is 6.27. The summed E-state index contributed by atoms with van der Waals surface area (Å²) in [5, 5.41) is 2.51. The molecule has 7 heteroatoms. The summed E-state index contributed by atoms with van der Waals surface area (Å²) >= 11 is 1.82. The molecule has 0 saturated heterocycles. The Morgan fingerprint density at radius 2 is 1.16 bits per heavy atom. The Labute approximate surface area is 194 Å². The molecule has 0 heterocycles. The average Bonchev–Trinajstić information content (AvgIpc) is 2.73. The Kier molecular flexibility index (Phi) is 18.7. The zero-order valence-electron chi connectivity index (χ0n) is 20.3. The van der Waals surface area contributed by atoms with Crippen molar-refractivity contribution < 1.29 is 23.9 Å². The highest BCUT2D eigenvalue weighted by Crippen LogP contribution is 2.21. The van der Waals surface area contributed by atoms with Crippen LogP contribution in [0.25, 0.3) is 0 Å². The number of ether oxygens (including phenoxy) is 2. The van der Waals surface area contributed by atoms with Gasteiger partial charge in [-0.15, -0.1) is 0 Å². The van der Waals surface area contributed by atoms with Gasteiger partial charge < -0.3 is 14.8 Å². The number of hydrogen-bond acceptors (Lipinski definition) is 6. The molecule has 0 aliphatic carbocycles. The van der Waals surface area contributed by atoms with Crippen molar-refractivity contribution in [2.45, 2.75) is 110 Å². The van der Waals surface area contributed by atoms with Crippen molar-refractivity contribution in [1.29, 1.82) is 0 Å². The number of hydrogen-bond donors (Lipinski definition) is 1. The molecule has 1 amide bonds. The van der Waals surface area contributed by atoms with Gasteiger partial charge in [-0.1, -0.05) is 64.7 Å². The molecule has 0 unspecified atom stereocenters. The van der Waals surface area contributed by atoms with E-state index in [1.807, 2.05) is 11.8 Å². The van der Waals surface area contributed by atoms with Crippen LogP contribution in [0.15, 0.2) is 0 Å². The van der Waals surface area contributed by atoms with Crippen molar-refractivity contribution in [2.24, 2.45) is 0 Å². The lowest BCUT2D eigenvalue weighted by molar-refractivity contribution is -0.168. The largest absolute Gasteiger partial charge is 0.464 e. The van der Waals surface area contributed by atoms with Gasteiger partial charge in [-0.2, -0.15) is 11.8 Å². The summed E-state index contributed by atoms with van der Waals surface area (Å²) in [6.07, 6.45) is 14.0. The van der Waals surface area contributed by atoms with Crippen LogP contribution in [0.5, 0.6) is 0 Å². The molecule has 0 fully saturated rings. The van der Waals surface area contributed by atoms with Gasteiger partial charge in [-0.25, -0.2) is 9.59 Å². The van der Waals surface area contributed by atoms with Crippen molar-refractivity contribution in [3.8, 4) is 0 Å². The summed E-state index contributed by atoms with van der Waals surface area (Å²) in [6, 6.07) is 0. The molecular formula is C24H45NO5S. The lowest BCUT2D eigenvalue weighted by Gasteiger charge is -2.29. The van der Waals surface area contributed by atoms with Crippen molar-refractivity contribution in [3.05, 3.63) is 0 Å². The normalized spacial score (nSPS) is 11.2. The molecule has 0 aromatic heterocycles. The van der Waals surface area contributed by atoms with Gasteiger partial charge in [0.2, 0.25) is 11.4 Å². The zero-order chi connectivity index (χ0) is 23.4. The van der Waals surface area contributed by atoms with Gasteiger partial charge in [0.1, 0.15) is 0 Å². The highest BCUT2D eigenvalue weighted by molar-refractivity contribution is 7.99. The number of amides is 1. The molecule has 0 aliphatic rings. The lowest BCUT2D eigenvalue weighted by Crippen LogP contribution is -2.61. The van der Waals surface area contributed by atoms with Crippen molar-refractivity contribution in [2.75, 3.05) is 24.7 Å². The van der Waals surface area contributed by atoms with E-state index in [4.69, 9.17) is 9.47 Å². The maximum Gasteiger partial charge on any atom is 0.343 e. The number of esters is 2. The molecule has 0 saturated carbocycles. The van der Waals surface area contributed by atoms with Gasteiger partial charge in [0.25, 0.3) is 0 Å². The fraction of sp³-hybridized carbons (Fsp3) is 0.875. The third-order valence-electron chi connectivity index (χ3n) is 5.12. The van der Waals surface area contributed by atoms with E-state index in [0.29, 0.717) is 6.42 Å². The molecule has 182 valence electrons. The van der Waals surface area contributed by atoms with Crippen LogP contribution >= 0.6 is 11.8 Å². The second-order valence-corrected chi connectivity index (χ2v) is 9.15. The highest BCUT2D eigenvalue weighted by atomic mass is 32.2. The number of nitrogens with one attached hydrogen (secondary N) is 1.